The van der Waals surface area contributed by atoms with Gasteiger partial charge in [-0.05, 0) is 49.7 Å². The fourth-order valence-corrected chi connectivity index (χ4v) is 2.42. The molecule has 0 heterocycles. The Morgan fingerprint density at radius 1 is 1.08 bits per heavy atom. The first-order valence-electron chi connectivity index (χ1n) is 8.05. The van der Waals surface area contributed by atoms with Gasteiger partial charge in [-0.25, -0.2) is 8.78 Å². The minimum absolute atomic E-state index is 0.0106. The van der Waals surface area contributed by atoms with Crippen LogP contribution >= 0.6 is 0 Å². The summed E-state index contributed by atoms with van der Waals surface area (Å²) in [6.45, 7) is 1.39. The molecule has 2 N–H and O–H groups in total. The number of halogens is 2. The fourth-order valence-electron chi connectivity index (χ4n) is 2.42. The molecule has 2 aromatic rings. The number of benzene rings is 2. The quantitative estimate of drug-likeness (QED) is 0.795. The van der Waals surface area contributed by atoms with Crippen molar-refractivity contribution in [2.45, 2.75) is 19.4 Å². The number of methoxy groups -OCH3 is 1. The molecule has 7 heteroatoms. The summed E-state index contributed by atoms with van der Waals surface area (Å²) in [6.07, 6.45) is 0.0106. The summed E-state index contributed by atoms with van der Waals surface area (Å²) < 4.78 is 32.3. The summed E-state index contributed by atoms with van der Waals surface area (Å²) in [5.41, 5.74) is 0.308. The van der Waals surface area contributed by atoms with Crippen LogP contribution in [0.15, 0.2) is 42.5 Å². The van der Waals surface area contributed by atoms with Crippen molar-refractivity contribution < 1.29 is 23.1 Å². The summed E-state index contributed by atoms with van der Waals surface area (Å²) in [4.78, 5) is 23.9. The van der Waals surface area contributed by atoms with Gasteiger partial charge in [0.1, 0.15) is 17.4 Å². The molecule has 0 aliphatic carbocycles. The molecule has 138 valence electrons. The maximum atomic E-state index is 13.6. The van der Waals surface area contributed by atoms with E-state index in [0.29, 0.717) is 11.3 Å². The molecule has 2 rings (SSSR count). The molecule has 0 aromatic heterocycles. The lowest BCUT2D eigenvalue weighted by Crippen LogP contribution is -2.41. The van der Waals surface area contributed by atoms with Crippen molar-refractivity contribution in [1.82, 2.24) is 10.6 Å². The van der Waals surface area contributed by atoms with Gasteiger partial charge in [-0.15, -0.1) is 0 Å². The zero-order chi connectivity index (χ0) is 19.1. The van der Waals surface area contributed by atoms with E-state index in [2.05, 4.69) is 10.6 Å². The van der Waals surface area contributed by atoms with Crippen LogP contribution in [-0.2, 0) is 11.2 Å². The third kappa shape index (κ3) is 5.27. The highest BCUT2D eigenvalue weighted by Gasteiger charge is 2.15. The summed E-state index contributed by atoms with van der Waals surface area (Å²) >= 11 is 0. The van der Waals surface area contributed by atoms with Crippen molar-refractivity contribution in [3.05, 3.63) is 65.2 Å². The maximum absolute atomic E-state index is 13.6. The van der Waals surface area contributed by atoms with Gasteiger partial charge in [0, 0.05) is 17.2 Å². The van der Waals surface area contributed by atoms with Gasteiger partial charge in [-0.3, -0.25) is 9.59 Å². The molecule has 5 nitrogen and oxygen atoms in total. The Morgan fingerprint density at radius 3 is 2.27 bits per heavy atom. The second kappa shape index (κ2) is 8.94. The van der Waals surface area contributed by atoms with Crippen LogP contribution in [0, 0.1) is 11.6 Å². The average Bonchev–Trinajstić information content (AvgIpc) is 2.63. The van der Waals surface area contributed by atoms with Crippen molar-refractivity contribution in [2.75, 3.05) is 13.7 Å². The van der Waals surface area contributed by atoms with Gasteiger partial charge in [-0.1, -0.05) is 6.07 Å². The van der Waals surface area contributed by atoms with E-state index < -0.39 is 29.5 Å². The molecule has 0 radical (unpaired) electrons. The van der Waals surface area contributed by atoms with Crippen LogP contribution in [-0.4, -0.2) is 31.5 Å². The first-order chi connectivity index (χ1) is 12.4. The molecule has 26 heavy (non-hydrogen) atoms. The van der Waals surface area contributed by atoms with E-state index in [9.17, 15) is 18.4 Å². The molecule has 0 spiro atoms. The fraction of sp³-hybridized carbons (Fsp3) is 0.263. The Labute approximate surface area is 150 Å². The van der Waals surface area contributed by atoms with E-state index in [1.54, 1.807) is 31.2 Å². The van der Waals surface area contributed by atoms with Gasteiger partial charge >= 0.3 is 0 Å². The van der Waals surface area contributed by atoms with Gasteiger partial charge in [0.2, 0.25) is 5.91 Å². The Kier molecular flexibility index (Phi) is 6.66. The highest BCUT2D eigenvalue weighted by Crippen LogP contribution is 2.14. The number of rotatable bonds is 7. The van der Waals surface area contributed by atoms with E-state index in [1.165, 1.54) is 25.3 Å². The van der Waals surface area contributed by atoms with Gasteiger partial charge in [0.25, 0.3) is 5.91 Å². The predicted molar refractivity (Wildman–Crippen MR) is 93.0 cm³/mol. The zero-order valence-electron chi connectivity index (χ0n) is 14.5. The number of nitrogens with one attached hydrogen (secondary N) is 2. The Hall–Kier alpha value is -2.96. The van der Waals surface area contributed by atoms with Crippen LogP contribution in [0.2, 0.25) is 0 Å². The van der Waals surface area contributed by atoms with E-state index in [4.69, 9.17) is 4.74 Å². The number of carbonyl (C=O) groups excluding carboxylic acids is 2. The lowest BCUT2D eigenvalue weighted by molar-refractivity contribution is -0.120. The van der Waals surface area contributed by atoms with Crippen molar-refractivity contribution >= 4 is 11.8 Å². The third-order valence-corrected chi connectivity index (χ3v) is 3.74. The smallest absolute Gasteiger partial charge is 0.251 e. The second-order valence-electron chi connectivity index (χ2n) is 5.78. The van der Waals surface area contributed by atoms with Crippen LogP contribution < -0.4 is 15.4 Å². The second-order valence-corrected chi connectivity index (χ2v) is 5.78. The van der Waals surface area contributed by atoms with Crippen molar-refractivity contribution in [1.29, 1.82) is 0 Å². The first-order valence-corrected chi connectivity index (χ1v) is 8.05. The standard InChI is InChI=1S/C19H20F2N2O3/c1-12(10-15-16(20)4-3-5-17(15)21)23-18(24)11-22-19(25)13-6-8-14(26-2)9-7-13/h3-9,12H,10-11H2,1-2H3,(H,22,25)(H,23,24)/t12-/m1/s1. The largest absolute Gasteiger partial charge is 0.497 e. The summed E-state index contributed by atoms with van der Waals surface area (Å²) in [6, 6.07) is 9.56. The molecule has 0 saturated heterocycles. The van der Waals surface area contributed by atoms with Crippen LogP contribution in [0.5, 0.6) is 5.75 Å². The summed E-state index contributed by atoms with van der Waals surface area (Å²) in [5, 5.41) is 5.09. The molecule has 0 bridgehead atoms. The normalized spacial score (nSPS) is 11.5. The van der Waals surface area contributed by atoms with E-state index >= 15 is 0 Å². The molecule has 0 aliphatic heterocycles. The van der Waals surface area contributed by atoms with Crippen molar-refractivity contribution in [2.24, 2.45) is 0 Å². The lowest BCUT2D eigenvalue weighted by Gasteiger charge is -2.15. The summed E-state index contributed by atoms with van der Waals surface area (Å²) in [5.74, 6) is -1.54. The van der Waals surface area contributed by atoms with Gasteiger partial charge in [-0.2, -0.15) is 0 Å². The van der Waals surface area contributed by atoms with Gasteiger partial charge < -0.3 is 15.4 Å². The number of amides is 2. The Morgan fingerprint density at radius 2 is 1.69 bits per heavy atom. The van der Waals surface area contributed by atoms with Crippen LogP contribution in [0.1, 0.15) is 22.8 Å². The van der Waals surface area contributed by atoms with Crippen molar-refractivity contribution in [3.63, 3.8) is 0 Å². The average molecular weight is 362 g/mol. The van der Waals surface area contributed by atoms with E-state index in [0.717, 1.165) is 0 Å². The third-order valence-electron chi connectivity index (χ3n) is 3.74. The summed E-state index contributed by atoms with van der Waals surface area (Å²) in [7, 11) is 1.52. The molecule has 2 amide bonds. The predicted octanol–water partition coefficient (Wildman–Crippen LogP) is 2.45. The molecule has 0 unspecified atom stereocenters. The monoisotopic (exact) mass is 362 g/mol. The topological polar surface area (TPSA) is 67.4 Å². The van der Waals surface area contributed by atoms with Crippen LogP contribution in [0.25, 0.3) is 0 Å². The number of hydrogen-bond acceptors (Lipinski definition) is 3. The van der Waals surface area contributed by atoms with Crippen LogP contribution in [0.4, 0.5) is 8.78 Å². The first kappa shape index (κ1) is 19.4. The number of hydrogen-bond donors (Lipinski definition) is 2. The molecular weight excluding hydrogens is 342 g/mol. The minimum Gasteiger partial charge on any atom is -0.497 e. The number of ether oxygens (including phenoxy) is 1. The molecule has 2 aromatic carbocycles. The molecule has 0 saturated carbocycles. The van der Waals surface area contributed by atoms with Crippen LogP contribution in [0.3, 0.4) is 0 Å². The maximum Gasteiger partial charge on any atom is 0.251 e. The SMILES string of the molecule is COc1ccc(C(=O)NCC(=O)N[C@H](C)Cc2c(F)cccc2F)cc1. The highest BCUT2D eigenvalue weighted by atomic mass is 19.1. The minimum atomic E-state index is -0.654. The van der Waals surface area contributed by atoms with E-state index in [1.807, 2.05) is 0 Å². The number of carbonyl (C=O) groups is 2. The Bertz CT molecular complexity index is 759. The zero-order valence-corrected chi connectivity index (χ0v) is 14.5. The lowest BCUT2D eigenvalue weighted by atomic mass is 10.1. The highest BCUT2D eigenvalue weighted by molar-refractivity contribution is 5.96. The van der Waals surface area contributed by atoms with Gasteiger partial charge in [0.05, 0.1) is 13.7 Å². The Balaban J connectivity index is 1.83. The molecule has 0 aliphatic rings. The molecular formula is C19H20F2N2O3. The molecule has 1 atom stereocenters. The van der Waals surface area contributed by atoms with Gasteiger partial charge in [0.15, 0.2) is 0 Å². The molecule has 0 fully saturated rings. The van der Waals surface area contributed by atoms with E-state index in [-0.39, 0.29) is 18.5 Å². The van der Waals surface area contributed by atoms with Crippen molar-refractivity contribution in [3.8, 4) is 5.75 Å².